The third-order valence-corrected chi connectivity index (χ3v) is 1.91. The molecule has 0 saturated carbocycles. The minimum Gasteiger partial charge on any atom is -0.481 e. The van der Waals surface area contributed by atoms with E-state index in [2.05, 4.69) is 11.2 Å². The van der Waals surface area contributed by atoms with E-state index in [1.165, 1.54) is 18.9 Å². The molecule has 2 N–H and O–H groups in total. The highest BCUT2D eigenvalue weighted by atomic mass is 16.4. The van der Waals surface area contributed by atoms with Crippen molar-refractivity contribution in [2.75, 3.05) is 13.6 Å². The number of rotatable bonds is 4. The van der Waals surface area contributed by atoms with Crippen LogP contribution >= 0.6 is 0 Å². The SMILES string of the molecule is C#CC(C)NC(=O)N(C)CC(C)C(=O)O. The topological polar surface area (TPSA) is 69.6 Å². The van der Waals surface area contributed by atoms with E-state index < -0.39 is 11.9 Å². The fourth-order valence-corrected chi connectivity index (χ4v) is 0.909. The molecule has 0 rings (SSSR count). The lowest BCUT2D eigenvalue weighted by atomic mass is 10.2. The van der Waals surface area contributed by atoms with Gasteiger partial charge in [-0.2, -0.15) is 0 Å². The Morgan fingerprint density at radius 3 is 2.47 bits per heavy atom. The van der Waals surface area contributed by atoms with E-state index in [1.54, 1.807) is 6.92 Å². The average Bonchev–Trinajstić information content (AvgIpc) is 2.16. The smallest absolute Gasteiger partial charge is 0.318 e. The van der Waals surface area contributed by atoms with E-state index in [-0.39, 0.29) is 18.6 Å². The van der Waals surface area contributed by atoms with Crippen LogP contribution in [0, 0.1) is 18.3 Å². The zero-order chi connectivity index (χ0) is 12.0. The lowest BCUT2D eigenvalue weighted by Gasteiger charge is -2.20. The molecule has 2 amide bonds. The maximum absolute atomic E-state index is 11.4. The standard InChI is InChI=1S/C10H16N2O3/c1-5-8(3)11-10(15)12(4)6-7(2)9(13)14/h1,7-8H,6H2,2-4H3,(H,11,15)(H,13,14). The van der Waals surface area contributed by atoms with Crippen molar-refractivity contribution in [1.29, 1.82) is 0 Å². The van der Waals surface area contributed by atoms with E-state index in [0.717, 1.165) is 0 Å². The number of amides is 2. The fourth-order valence-electron chi connectivity index (χ4n) is 0.909. The lowest BCUT2D eigenvalue weighted by molar-refractivity contribution is -0.141. The number of carbonyl (C=O) groups is 2. The molecule has 2 atom stereocenters. The van der Waals surface area contributed by atoms with Gasteiger partial charge in [0.15, 0.2) is 0 Å². The van der Waals surface area contributed by atoms with Gasteiger partial charge < -0.3 is 15.3 Å². The monoisotopic (exact) mass is 212 g/mol. The van der Waals surface area contributed by atoms with E-state index in [4.69, 9.17) is 11.5 Å². The van der Waals surface area contributed by atoms with E-state index in [9.17, 15) is 9.59 Å². The molecular formula is C10H16N2O3. The first-order valence-electron chi connectivity index (χ1n) is 4.59. The Kier molecular flexibility index (Phi) is 5.24. The molecule has 0 aliphatic heterocycles. The van der Waals surface area contributed by atoms with Gasteiger partial charge in [0.25, 0.3) is 0 Å². The summed E-state index contributed by atoms with van der Waals surface area (Å²) in [6, 6.07) is -0.728. The van der Waals surface area contributed by atoms with Crippen LogP contribution in [0.1, 0.15) is 13.8 Å². The highest BCUT2D eigenvalue weighted by Crippen LogP contribution is 1.98. The number of nitrogens with one attached hydrogen (secondary N) is 1. The minimum absolute atomic E-state index is 0.151. The largest absolute Gasteiger partial charge is 0.481 e. The molecule has 0 aromatic heterocycles. The van der Waals surface area contributed by atoms with E-state index in [0.29, 0.717) is 0 Å². The molecule has 0 aliphatic carbocycles. The van der Waals surface area contributed by atoms with Crippen LogP contribution in [0.15, 0.2) is 0 Å². The molecule has 84 valence electrons. The maximum Gasteiger partial charge on any atom is 0.318 e. The van der Waals surface area contributed by atoms with Crippen molar-refractivity contribution in [3.63, 3.8) is 0 Å². The highest BCUT2D eigenvalue weighted by Gasteiger charge is 2.17. The van der Waals surface area contributed by atoms with Crippen LogP contribution in [-0.4, -0.2) is 41.6 Å². The van der Waals surface area contributed by atoms with Gasteiger partial charge in [-0.15, -0.1) is 6.42 Å². The molecule has 0 radical (unpaired) electrons. The van der Waals surface area contributed by atoms with Gasteiger partial charge in [-0.05, 0) is 6.92 Å². The molecule has 15 heavy (non-hydrogen) atoms. The summed E-state index contributed by atoms with van der Waals surface area (Å²) < 4.78 is 0. The molecule has 0 bridgehead atoms. The molecule has 0 fully saturated rings. The van der Waals surface area contributed by atoms with Crippen LogP contribution < -0.4 is 5.32 Å². The molecule has 0 aromatic rings. The van der Waals surface area contributed by atoms with Crippen molar-refractivity contribution in [2.45, 2.75) is 19.9 Å². The fraction of sp³-hybridized carbons (Fsp3) is 0.600. The minimum atomic E-state index is -0.931. The first-order valence-corrected chi connectivity index (χ1v) is 4.59. The Labute approximate surface area is 89.4 Å². The zero-order valence-corrected chi connectivity index (χ0v) is 9.15. The average molecular weight is 212 g/mol. The molecule has 0 spiro atoms. The Morgan fingerprint density at radius 1 is 1.53 bits per heavy atom. The van der Waals surface area contributed by atoms with Crippen molar-refractivity contribution >= 4 is 12.0 Å². The maximum atomic E-state index is 11.4. The molecule has 0 heterocycles. The predicted molar refractivity (Wildman–Crippen MR) is 56.3 cm³/mol. The van der Waals surface area contributed by atoms with Crippen molar-refractivity contribution in [3.05, 3.63) is 0 Å². The Bertz CT molecular complexity index is 283. The summed E-state index contributed by atoms with van der Waals surface area (Å²) in [5.74, 6) is 0.825. The summed E-state index contributed by atoms with van der Waals surface area (Å²) >= 11 is 0. The van der Waals surface area contributed by atoms with Crippen LogP contribution in [0.3, 0.4) is 0 Å². The first kappa shape index (κ1) is 13.3. The summed E-state index contributed by atoms with van der Waals surface area (Å²) in [7, 11) is 1.53. The second-order valence-electron chi connectivity index (χ2n) is 3.46. The highest BCUT2D eigenvalue weighted by molar-refractivity contribution is 5.76. The van der Waals surface area contributed by atoms with Gasteiger partial charge in [-0.1, -0.05) is 12.8 Å². The Morgan fingerprint density at radius 2 is 2.07 bits per heavy atom. The second-order valence-corrected chi connectivity index (χ2v) is 3.46. The van der Waals surface area contributed by atoms with Gasteiger partial charge in [0.1, 0.15) is 0 Å². The summed E-state index contributed by atoms with van der Waals surface area (Å²) in [4.78, 5) is 23.2. The third-order valence-electron chi connectivity index (χ3n) is 1.91. The van der Waals surface area contributed by atoms with Crippen molar-refractivity contribution in [1.82, 2.24) is 10.2 Å². The molecule has 5 nitrogen and oxygen atoms in total. The van der Waals surface area contributed by atoms with E-state index >= 15 is 0 Å². The van der Waals surface area contributed by atoms with Crippen molar-refractivity contribution in [3.8, 4) is 12.3 Å². The molecule has 2 unspecified atom stereocenters. The van der Waals surface area contributed by atoms with E-state index in [1.807, 2.05) is 0 Å². The number of aliphatic carboxylic acids is 1. The summed E-state index contributed by atoms with van der Waals surface area (Å²) in [5, 5.41) is 11.2. The number of carboxylic acid groups (broad SMARTS) is 1. The van der Waals surface area contributed by atoms with Gasteiger partial charge in [-0.3, -0.25) is 4.79 Å². The number of carboxylic acids is 1. The molecule has 0 aliphatic rings. The number of hydrogen-bond donors (Lipinski definition) is 2. The van der Waals surface area contributed by atoms with Gasteiger partial charge in [0.05, 0.1) is 12.0 Å². The number of urea groups is 1. The van der Waals surface area contributed by atoms with Gasteiger partial charge in [-0.25, -0.2) is 4.79 Å². The van der Waals surface area contributed by atoms with Crippen LogP contribution in [0.4, 0.5) is 4.79 Å². The number of carbonyl (C=O) groups excluding carboxylic acids is 1. The predicted octanol–water partition coefficient (Wildman–Crippen LogP) is 0.370. The lowest BCUT2D eigenvalue weighted by Crippen LogP contribution is -2.43. The van der Waals surface area contributed by atoms with Gasteiger partial charge >= 0.3 is 12.0 Å². The quantitative estimate of drug-likeness (QED) is 0.661. The van der Waals surface area contributed by atoms with Crippen LogP contribution in [0.2, 0.25) is 0 Å². The van der Waals surface area contributed by atoms with Crippen molar-refractivity contribution < 1.29 is 14.7 Å². The zero-order valence-electron chi connectivity index (χ0n) is 9.15. The molecular weight excluding hydrogens is 196 g/mol. The normalized spacial score (nSPS) is 13.5. The molecule has 0 saturated heterocycles. The molecule has 0 aromatic carbocycles. The summed E-state index contributed by atoms with van der Waals surface area (Å²) in [6.45, 7) is 3.36. The third kappa shape index (κ3) is 4.91. The second kappa shape index (κ2) is 5.91. The Balaban J connectivity index is 4.11. The summed E-state index contributed by atoms with van der Waals surface area (Å²) in [5.41, 5.74) is 0. The van der Waals surface area contributed by atoms with Crippen LogP contribution in [0.5, 0.6) is 0 Å². The van der Waals surface area contributed by atoms with Gasteiger partial charge in [0.2, 0.25) is 0 Å². The molecule has 5 heteroatoms. The van der Waals surface area contributed by atoms with Crippen LogP contribution in [0.25, 0.3) is 0 Å². The number of nitrogens with zero attached hydrogens (tertiary/aromatic N) is 1. The number of hydrogen-bond acceptors (Lipinski definition) is 2. The summed E-state index contributed by atoms with van der Waals surface area (Å²) in [6.07, 6.45) is 5.09. The first-order chi connectivity index (χ1) is 6.88. The Hall–Kier alpha value is -1.70. The number of terminal acetylenes is 1. The van der Waals surface area contributed by atoms with Gasteiger partial charge in [0, 0.05) is 13.6 Å². The van der Waals surface area contributed by atoms with Crippen molar-refractivity contribution in [2.24, 2.45) is 5.92 Å². The van der Waals surface area contributed by atoms with Crippen LogP contribution in [-0.2, 0) is 4.79 Å².